The molecular weight excluding hydrogens is 242 g/mol. The molecule has 4 heteroatoms. The van der Waals surface area contributed by atoms with E-state index in [2.05, 4.69) is 0 Å². The summed E-state index contributed by atoms with van der Waals surface area (Å²) in [6, 6.07) is 0.333. The van der Waals surface area contributed by atoms with Crippen LogP contribution in [0.5, 0.6) is 0 Å². The molecule has 0 aliphatic heterocycles. The van der Waals surface area contributed by atoms with Crippen LogP contribution in [0.25, 0.3) is 0 Å². The van der Waals surface area contributed by atoms with Crippen LogP contribution in [-0.4, -0.2) is 23.4 Å². The first-order valence-electron chi connectivity index (χ1n) is 6.96. The maximum Gasteiger partial charge on any atom is 0.306 e. The fourth-order valence-corrected chi connectivity index (χ4v) is 1.09. The van der Waals surface area contributed by atoms with Crippen molar-refractivity contribution in [2.24, 2.45) is 11.7 Å². The molecule has 0 heterocycles. The van der Waals surface area contributed by atoms with Crippen molar-refractivity contribution in [1.82, 2.24) is 0 Å². The molecule has 0 unspecified atom stereocenters. The predicted octanol–water partition coefficient (Wildman–Crippen LogP) is 3.08. The lowest BCUT2D eigenvalue weighted by molar-refractivity contribution is -0.154. The maximum atomic E-state index is 11.3. The SMILES string of the molecule is CC(C)C(=O)CCCC(=O)OC(C)(C)C.CC(C)N. The van der Waals surface area contributed by atoms with Crippen LogP contribution in [0.1, 0.15) is 67.7 Å². The molecule has 19 heavy (non-hydrogen) atoms. The van der Waals surface area contributed by atoms with Crippen LogP contribution < -0.4 is 5.73 Å². The lowest BCUT2D eigenvalue weighted by Crippen LogP contribution is -2.23. The van der Waals surface area contributed by atoms with Crippen molar-refractivity contribution in [1.29, 1.82) is 0 Å². The Morgan fingerprint density at radius 3 is 1.79 bits per heavy atom. The van der Waals surface area contributed by atoms with Gasteiger partial charge in [0.05, 0.1) is 0 Å². The van der Waals surface area contributed by atoms with Gasteiger partial charge in [0.1, 0.15) is 11.4 Å². The van der Waals surface area contributed by atoms with E-state index in [9.17, 15) is 9.59 Å². The van der Waals surface area contributed by atoms with E-state index < -0.39 is 5.60 Å². The standard InChI is InChI=1S/C12H22O3.C3H9N/c1-9(2)10(13)7-6-8-11(14)15-12(3,4)5;1-3(2)4/h9H,6-8H2,1-5H3;3H,4H2,1-2H3. The molecule has 0 atom stereocenters. The summed E-state index contributed by atoms with van der Waals surface area (Å²) < 4.78 is 5.13. The Hall–Kier alpha value is -0.900. The highest BCUT2D eigenvalue weighted by molar-refractivity contribution is 5.80. The number of nitrogens with two attached hydrogens (primary N) is 1. The van der Waals surface area contributed by atoms with Gasteiger partial charge in [0.25, 0.3) is 0 Å². The Morgan fingerprint density at radius 2 is 1.47 bits per heavy atom. The van der Waals surface area contributed by atoms with Crippen LogP contribution >= 0.6 is 0 Å². The normalized spacial score (nSPS) is 11.1. The molecule has 0 saturated heterocycles. The van der Waals surface area contributed by atoms with E-state index in [0.29, 0.717) is 25.3 Å². The van der Waals surface area contributed by atoms with Crippen molar-refractivity contribution in [3.8, 4) is 0 Å². The summed E-state index contributed by atoms with van der Waals surface area (Å²) >= 11 is 0. The lowest BCUT2D eigenvalue weighted by atomic mass is 10.0. The Balaban J connectivity index is 0. The van der Waals surface area contributed by atoms with Crippen molar-refractivity contribution in [2.75, 3.05) is 0 Å². The van der Waals surface area contributed by atoms with Crippen LogP contribution in [0.15, 0.2) is 0 Å². The zero-order chi connectivity index (χ0) is 15.6. The monoisotopic (exact) mass is 273 g/mol. The average Bonchev–Trinajstić information content (AvgIpc) is 2.13. The summed E-state index contributed by atoms with van der Waals surface area (Å²) in [5.41, 5.74) is 4.68. The van der Waals surface area contributed by atoms with Crippen LogP contribution in [-0.2, 0) is 14.3 Å². The summed E-state index contributed by atoms with van der Waals surface area (Å²) in [6.45, 7) is 13.1. The van der Waals surface area contributed by atoms with E-state index in [1.54, 1.807) is 0 Å². The zero-order valence-electron chi connectivity index (χ0n) is 13.6. The Bertz CT molecular complexity index is 262. The summed E-state index contributed by atoms with van der Waals surface area (Å²) in [6.07, 6.45) is 1.39. The van der Waals surface area contributed by atoms with Gasteiger partial charge in [-0.25, -0.2) is 0 Å². The molecule has 0 amide bonds. The first-order chi connectivity index (χ1) is 8.45. The molecular formula is C15H31NO3. The average molecular weight is 273 g/mol. The van der Waals surface area contributed by atoms with Crippen LogP contribution in [0, 0.1) is 5.92 Å². The molecule has 2 N–H and O–H groups in total. The van der Waals surface area contributed by atoms with Crippen molar-refractivity contribution >= 4 is 11.8 Å². The van der Waals surface area contributed by atoms with E-state index in [-0.39, 0.29) is 17.7 Å². The van der Waals surface area contributed by atoms with E-state index in [1.165, 1.54) is 0 Å². The number of carbonyl (C=O) groups excluding carboxylic acids is 2. The van der Waals surface area contributed by atoms with Gasteiger partial charge in [0.2, 0.25) is 0 Å². The highest BCUT2D eigenvalue weighted by Crippen LogP contribution is 2.11. The fourth-order valence-electron chi connectivity index (χ4n) is 1.09. The molecule has 4 nitrogen and oxygen atoms in total. The number of esters is 1. The maximum absolute atomic E-state index is 11.3. The minimum Gasteiger partial charge on any atom is -0.460 e. The molecule has 0 aromatic heterocycles. The predicted molar refractivity (Wildman–Crippen MR) is 78.9 cm³/mol. The minimum atomic E-state index is -0.431. The second kappa shape index (κ2) is 9.96. The zero-order valence-corrected chi connectivity index (χ0v) is 13.6. The number of Topliss-reactive ketones (excluding diaryl/α,β-unsaturated/α-hetero) is 1. The van der Waals surface area contributed by atoms with E-state index in [1.807, 2.05) is 48.5 Å². The molecule has 0 spiro atoms. The van der Waals surface area contributed by atoms with Gasteiger partial charge in [-0.15, -0.1) is 0 Å². The molecule has 0 bridgehead atoms. The van der Waals surface area contributed by atoms with Gasteiger partial charge in [-0.2, -0.15) is 0 Å². The first kappa shape index (κ1) is 20.4. The molecule has 0 saturated carbocycles. The van der Waals surface area contributed by atoms with Gasteiger partial charge in [0, 0.05) is 18.8 Å². The van der Waals surface area contributed by atoms with Gasteiger partial charge in [-0.1, -0.05) is 27.7 Å². The summed E-state index contributed by atoms with van der Waals surface area (Å²) in [5, 5.41) is 0. The highest BCUT2D eigenvalue weighted by Gasteiger charge is 2.16. The third-order valence-corrected chi connectivity index (χ3v) is 1.87. The summed E-state index contributed by atoms with van der Waals surface area (Å²) in [4.78, 5) is 22.5. The quantitative estimate of drug-likeness (QED) is 0.781. The summed E-state index contributed by atoms with van der Waals surface area (Å²) in [7, 11) is 0. The van der Waals surface area contributed by atoms with Gasteiger partial charge in [-0.3, -0.25) is 9.59 Å². The molecule has 0 aliphatic rings. The Kier molecular flexibility index (Phi) is 10.7. The molecule has 0 aromatic carbocycles. The third-order valence-electron chi connectivity index (χ3n) is 1.87. The van der Waals surface area contributed by atoms with Crippen LogP contribution in [0.4, 0.5) is 0 Å². The Labute approximate surface area is 118 Å². The number of rotatable bonds is 5. The third kappa shape index (κ3) is 19.6. The molecule has 114 valence electrons. The van der Waals surface area contributed by atoms with Crippen LogP contribution in [0.3, 0.4) is 0 Å². The fraction of sp³-hybridized carbons (Fsp3) is 0.867. The first-order valence-corrected chi connectivity index (χ1v) is 6.96. The molecule has 0 aliphatic carbocycles. The molecule has 0 aromatic rings. The Morgan fingerprint density at radius 1 is 1.05 bits per heavy atom. The van der Waals surface area contributed by atoms with Crippen molar-refractivity contribution < 1.29 is 14.3 Å². The molecule has 0 radical (unpaired) electrons. The summed E-state index contributed by atoms with van der Waals surface area (Å²) in [5.74, 6) is 0.0428. The van der Waals surface area contributed by atoms with E-state index in [0.717, 1.165) is 0 Å². The van der Waals surface area contributed by atoms with Gasteiger partial charge in [-0.05, 0) is 33.2 Å². The molecule has 0 rings (SSSR count). The largest absolute Gasteiger partial charge is 0.460 e. The highest BCUT2D eigenvalue weighted by atomic mass is 16.6. The van der Waals surface area contributed by atoms with Crippen LogP contribution in [0.2, 0.25) is 0 Å². The smallest absolute Gasteiger partial charge is 0.306 e. The molecule has 0 fully saturated rings. The number of ketones is 1. The number of hydrogen-bond acceptors (Lipinski definition) is 4. The van der Waals surface area contributed by atoms with E-state index in [4.69, 9.17) is 10.5 Å². The van der Waals surface area contributed by atoms with E-state index >= 15 is 0 Å². The van der Waals surface area contributed by atoms with Gasteiger partial charge >= 0.3 is 5.97 Å². The van der Waals surface area contributed by atoms with Gasteiger partial charge in [0.15, 0.2) is 0 Å². The van der Waals surface area contributed by atoms with Crippen molar-refractivity contribution in [3.63, 3.8) is 0 Å². The topological polar surface area (TPSA) is 69.4 Å². The van der Waals surface area contributed by atoms with Gasteiger partial charge < -0.3 is 10.5 Å². The minimum absolute atomic E-state index is 0.0589. The number of hydrogen-bond donors (Lipinski definition) is 1. The van der Waals surface area contributed by atoms with Crippen molar-refractivity contribution in [2.45, 2.75) is 79.4 Å². The number of ether oxygens (including phenoxy) is 1. The van der Waals surface area contributed by atoms with Crippen molar-refractivity contribution in [3.05, 3.63) is 0 Å². The second-order valence-electron chi connectivity index (χ2n) is 6.31. The number of carbonyl (C=O) groups is 2. The lowest BCUT2D eigenvalue weighted by Gasteiger charge is -2.19. The second-order valence-corrected chi connectivity index (χ2v) is 6.31.